The highest BCUT2D eigenvalue weighted by molar-refractivity contribution is 6.33. The molecule has 0 aliphatic carbocycles. The lowest BCUT2D eigenvalue weighted by molar-refractivity contribution is -0.270. The summed E-state index contributed by atoms with van der Waals surface area (Å²) < 4.78 is 47.1. The fourth-order valence-electron chi connectivity index (χ4n) is 5.02. The number of carbonyl (C=O) groups excluding carboxylic acids is 2. The molecule has 3 aromatic rings. The number of nitrogens with two attached hydrogens (primary N) is 1. The Kier molecular flexibility index (Phi) is 8.43. The summed E-state index contributed by atoms with van der Waals surface area (Å²) in [5, 5.41) is 16.1. The van der Waals surface area contributed by atoms with E-state index in [-0.39, 0.29) is 43.0 Å². The molecule has 0 spiro atoms. The number of hydrogen-bond donors (Lipinski definition) is 2. The predicted molar refractivity (Wildman–Crippen MR) is 137 cm³/mol. The molecule has 2 aromatic carbocycles. The molecule has 4 rings (SSSR count). The van der Waals surface area contributed by atoms with Gasteiger partial charge in [0, 0.05) is 18.2 Å². The standard InChI is InChI=1S/C26H27ClF3N5O5/c1-2-40-23(36)17(10-14-11-18(26(28,29)30)21(31)19(27)12-14)20-13-16(8-9-34(20)25(38)39)35-24(37)32-22(33-35)15-6-4-3-5-7-15/h3-7,11-12,16-17,20H,2,8-10,13,31H2,1H3,(H,38,39)(H,32,33,37)/p-1/t16?,17?,20-/m1/s1. The van der Waals surface area contributed by atoms with Gasteiger partial charge in [0.2, 0.25) is 0 Å². The first-order valence-electron chi connectivity index (χ1n) is 12.4. The Balaban J connectivity index is 1.71. The van der Waals surface area contributed by atoms with Gasteiger partial charge in [-0.05, 0) is 43.9 Å². The maximum Gasteiger partial charge on any atom is 0.418 e. The highest BCUT2D eigenvalue weighted by Gasteiger charge is 2.41. The molecule has 10 nitrogen and oxygen atoms in total. The molecule has 0 saturated carbocycles. The minimum Gasteiger partial charge on any atom is -0.530 e. The lowest BCUT2D eigenvalue weighted by Gasteiger charge is -2.43. The topological polar surface area (TPSA) is 146 Å². The van der Waals surface area contributed by atoms with Crippen LogP contribution in [0.2, 0.25) is 5.02 Å². The molecule has 1 fully saturated rings. The van der Waals surface area contributed by atoms with Crippen molar-refractivity contribution in [3.05, 3.63) is 69.1 Å². The van der Waals surface area contributed by atoms with E-state index in [0.717, 1.165) is 11.0 Å². The van der Waals surface area contributed by atoms with Gasteiger partial charge in [-0.25, -0.2) is 9.48 Å². The molecule has 1 aliphatic rings. The fraction of sp³-hybridized carbons (Fsp3) is 0.385. The van der Waals surface area contributed by atoms with Gasteiger partial charge in [0.1, 0.15) is 6.09 Å². The monoisotopic (exact) mass is 580 g/mol. The molecule has 1 aromatic heterocycles. The summed E-state index contributed by atoms with van der Waals surface area (Å²) in [4.78, 5) is 41.6. The zero-order valence-corrected chi connectivity index (χ0v) is 22.0. The summed E-state index contributed by atoms with van der Waals surface area (Å²) in [7, 11) is 0. The molecular weight excluding hydrogens is 555 g/mol. The van der Waals surface area contributed by atoms with E-state index >= 15 is 0 Å². The molecule has 3 N–H and O–H groups in total. The molecule has 214 valence electrons. The Morgan fingerprint density at radius 2 is 1.98 bits per heavy atom. The summed E-state index contributed by atoms with van der Waals surface area (Å²) in [6, 6.07) is 9.13. The zero-order chi connectivity index (χ0) is 29.2. The van der Waals surface area contributed by atoms with Crippen molar-refractivity contribution in [3.8, 4) is 11.4 Å². The largest absolute Gasteiger partial charge is 0.530 e. The number of carboxylic acid groups (broad SMARTS) is 1. The van der Waals surface area contributed by atoms with E-state index < -0.39 is 53.2 Å². The number of hydrogen-bond acceptors (Lipinski definition) is 7. The summed E-state index contributed by atoms with van der Waals surface area (Å²) in [5.74, 6) is -1.76. The Hall–Kier alpha value is -4.00. The van der Waals surface area contributed by atoms with Crippen molar-refractivity contribution >= 4 is 29.4 Å². The van der Waals surface area contributed by atoms with Gasteiger partial charge in [0.05, 0.1) is 34.8 Å². The first kappa shape index (κ1) is 29.0. The van der Waals surface area contributed by atoms with Gasteiger partial charge >= 0.3 is 17.8 Å². The fourth-order valence-corrected chi connectivity index (χ4v) is 5.27. The van der Waals surface area contributed by atoms with Crippen LogP contribution in [0.25, 0.3) is 11.4 Å². The number of nitrogens with one attached hydrogen (secondary N) is 1. The number of alkyl halides is 3. The molecule has 0 radical (unpaired) electrons. The molecule has 1 saturated heterocycles. The smallest absolute Gasteiger partial charge is 0.418 e. The van der Waals surface area contributed by atoms with Crippen molar-refractivity contribution in [3.63, 3.8) is 0 Å². The van der Waals surface area contributed by atoms with Crippen LogP contribution >= 0.6 is 11.6 Å². The highest BCUT2D eigenvalue weighted by Crippen LogP contribution is 2.39. The number of aromatic amines is 1. The van der Waals surface area contributed by atoms with Gasteiger partial charge in [0.15, 0.2) is 5.82 Å². The number of esters is 1. The van der Waals surface area contributed by atoms with Crippen LogP contribution in [0.3, 0.4) is 0 Å². The number of likely N-dealkylation sites (tertiary alicyclic amines) is 1. The number of anilines is 1. The van der Waals surface area contributed by atoms with Crippen LogP contribution in [-0.2, 0) is 22.1 Å². The molecule has 2 unspecified atom stereocenters. The van der Waals surface area contributed by atoms with Gasteiger partial charge < -0.3 is 25.3 Å². The van der Waals surface area contributed by atoms with Crippen LogP contribution in [0.5, 0.6) is 0 Å². The maximum atomic E-state index is 13.6. The van der Waals surface area contributed by atoms with E-state index in [9.17, 15) is 32.7 Å². The van der Waals surface area contributed by atoms with Crippen molar-refractivity contribution in [2.24, 2.45) is 5.92 Å². The molecule has 2 heterocycles. The lowest BCUT2D eigenvalue weighted by atomic mass is 9.83. The number of nitrogens with zero attached hydrogens (tertiary/aromatic N) is 3. The van der Waals surface area contributed by atoms with Crippen LogP contribution in [0, 0.1) is 5.92 Å². The first-order valence-corrected chi connectivity index (χ1v) is 12.8. The third-order valence-electron chi connectivity index (χ3n) is 6.89. The van der Waals surface area contributed by atoms with E-state index in [1.807, 2.05) is 0 Å². The van der Waals surface area contributed by atoms with E-state index in [0.29, 0.717) is 11.4 Å². The Labute approximate surface area is 231 Å². The molecule has 14 heteroatoms. The van der Waals surface area contributed by atoms with E-state index in [2.05, 4.69) is 10.1 Å². The number of piperidine rings is 1. The molecule has 1 amide bonds. The zero-order valence-electron chi connectivity index (χ0n) is 21.3. The van der Waals surface area contributed by atoms with Gasteiger partial charge in [0.25, 0.3) is 0 Å². The number of halogens is 4. The average molecular weight is 581 g/mol. The van der Waals surface area contributed by atoms with E-state index in [1.165, 1.54) is 10.7 Å². The summed E-state index contributed by atoms with van der Waals surface area (Å²) in [6.45, 7) is 1.39. The van der Waals surface area contributed by atoms with Crippen molar-refractivity contribution in [2.75, 3.05) is 18.9 Å². The number of H-pyrrole nitrogens is 1. The Bertz CT molecular complexity index is 1440. The van der Waals surface area contributed by atoms with Crippen molar-refractivity contribution in [1.29, 1.82) is 0 Å². The second-order valence-corrected chi connectivity index (χ2v) is 9.80. The molecule has 3 atom stereocenters. The Morgan fingerprint density at radius 3 is 2.60 bits per heavy atom. The van der Waals surface area contributed by atoms with Crippen LogP contribution in [-0.4, -0.2) is 50.9 Å². The number of nitrogen functional groups attached to an aromatic ring is 1. The summed E-state index contributed by atoms with van der Waals surface area (Å²) in [5.41, 5.74) is 3.84. The number of ether oxygens (including phenoxy) is 1. The van der Waals surface area contributed by atoms with Crippen LogP contribution in [0.15, 0.2) is 47.3 Å². The Morgan fingerprint density at radius 1 is 1.27 bits per heavy atom. The second kappa shape index (κ2) is 11.6. The van der Waals surface area contributed by atoms with Crippen molar-refractivity contribution in [1.82, 2.24) is 19.7 Å². The molecule has 1 aliphatic heterocycles. The van der Waals surface area contributed by atoms with E-state index in [1.54, 1.807) is 37.3 Å². The first-order chi connectivity index (χ1) is 18.9. The second-order valence-electron chi connectivity index (χ2n) is 9.39. The number of carbonyl (C=O) groups is 2. The molecular formula is C26H26ClF3N5O5-. The van der Waals surface area contributed by atoms with Crippen molar-refractivity contribution in [2.45, 2.75) is 44.4 Å². The van der Waals surface area contributed by atoms with E-state index in [4.69, 9.17) is 22.1 Å². The highest BCUT2D eigenvalue weighted by atomic mass is 35.5. The quantitative estimate of drug-likeness (QED) is 0.322. The van der Waals surface area contributed by atoms with Gasteiger partial charge in [-0.1, -0.05) is 41.9 Å². The third-order valence-corrected chi connectivity index (χ3v) is 7.20. The summed E-state index contributed by atoms with van der Waals surface area (Å²) >= 11 is 5.98. The van der Waals surface area contributed by atoms with Gasteiger partial charge in [-0.15, -0.1) is 5.10 Å². The van der Waals surface area contributed by atoms with Crippen LogP contribution in [0.1, 0.15) is 36.9 Å². The number of benzene rings is 2. The number of rotatable bonds is 7. The lowest BCUT2D eigenvalue weighted by Crippen LogP contribution is -2.56. The summed E-state index contributed by atoms with van der Waals surface area (Å²) in [6.07, 6.45) is -6.58. The SMILES string of the molecule is CCOC(=O)C(Cc1cc(Cl)c(N)c(C(F)(F)F)c1)[C@H]1CC(n2nc(-c3ccccc3)[nH]c2=O)CCN1C(=O)[O-]. The third kappa shape index (κ3) is 6.09. The predicted octanol–water partition coefficient (Wildman–Crippen LogP) is 3.26. The molecule has 40 heavy (non-hydrogen) atoms. The minimum absolute atomic E-state index is 0.00768. The average Bonchev–Trinajstić information content (AvgIpc) is 3.30. The molecule has 0 bridgehead atoms. The minimum atomic E-state index is -4.81. The number of amides is 1. The van der Waals surface area contributed by atoms with Crippen LogP contribution < -0.4 is 16.5 Å². The van der Waals surface area contributed by atoms with Crippen molar-refractivity contribution < 1.29 is 32.6 Å². The van der Waals surface area contributed by atoms with Gasteiger partial charge in [-0.2, -0.15) is 13.2 Å². The number of aromatic nitrogens is 3. The normalized spacial score (nSPS) is 18.4. The van der Waals surface area contributed by atoms with Gasteiger partial charge in [-0.3, -0.25) is 9.78 Å². The maximum absolute atomic E-state index is 13.6. The van der Waals surface area contributed by atoms with Crippen LogP contribution in [0.4, 0.5) is 23.7 Å².